The van der Waals surface area contributed by atoms with Crippen molar-refractivity contribution >= 4 is 63.8 Å². The maximum Gasteiger partial charge on any atom is 0.160 e. The standard InChI is InChI=1S/C46H28N2S/c1-2-13-30(14-3-1)46-47-39(33-17-10-16-32(26-33)36-21-11-23-42-44(36)38-20-8-9-22-41(38)49-42)28-40(48-46)45-37-19-7-5-15-31(37)27-34-25-24-29-12-4-6-18-35(29)43(34)45/h1-28H. The fraction of sp³-hybridized carbons (Fsp3) is 0. The van der Waals surface area contributed by atoms with Gasteiger partial charge in [0.25, 0.3) is 0 Å². The first-order valence-electron chi connectivity index (χ1n) is 16.6. The molecule has 0 atom stereocenters. The lowest BCUT2D eigenvalue weighted by Gasteiger charge is -2.16. The number of aromatic nitrogens is 2. The Labute approximate surface area is 287 Å². The Hall–Kier alpha value is -6.16. The largest absolute Gasteiger partial charge is 0.228 e. The molecular formula is C46H28N2S. The van der Waals surface area contributed by atoms with E-state index in [1.165, 1.54) is 63.6 Å². The van der Waals surface area contributed by atoms with Gasteiger partial charge in [-0.3, -0.25) is 0 Å². The highest BCUT2D eigenvalue weighted by molar-refractivity contribution is 7.25. The van der Waals surface area contributed by atoms with Gasteiger partial charge in [-0.05, 0) is 73.8 Å². The van der Waals surface area contributed by atoms with Gasteiger partial charge in [-0.25, -0.2) is 9.97 Å². The van der Waals surface area contributed by atoms with Gasteiger partial charge in [0.1, 0.15) is 0 Å². The third-order valence-electron chi connectivity index (χ3n) is 9.64. The summed E-state index contributed by atoms with van der Waals surface area (Å²) in [5.41, 5.74) is 7.41. The fourth-order valence-electron chi connectivity index (χ4n) is 7.41. The quantitative estimate of drug-likeness (QED) is 0.141. The predicted molar refractivity (Wildman–Crippen MR) is 209 cm³/mol. The summed E-state index contributed by atoms with van der Waals surface area (Å²) >= 11 is 1.85. The third kappa shape index (κ3) is 4.62. The second-order valence-electron chi connectivity index (χ2n) is 12.5. The van der Waals surface area contributed by atoms with Crippen LogP contribution in [0, 0.1) is 0 Å². The topological polar surface area (TPSA) is 25.8 Å². The summed E-state index contributed by atoms with van der Waals surface area (Å²) in [7, 11) is 0. The van der Waals surface area contributed by atoms with Crippen molar-refractivity contribution in [1.82, 2.24) is 9.97 Å². The Bertz CT molecular complexity index is 2890. The van der Waals surface area contributed by atoms with Crippen molar-refractivity contribution in [2.75, 3.05) is 0 Å². The lowest BCUT2D eigenvalue weighted by atomic mass is 9.90. The van der Waals surface area contributed by atoms with Crippen molar-refractivity contribution in [1.29, 1.82) is 0 Å². The zero-order valence-corrected chi connectivity index (χ0v) is 27.3. The summed E-state index contributed by atoms with van der Waals surface area (Å²) in [6.07, 6.45) is 0. The van der Waals surface area contributed by atoms with Crippen molar-refractivity contribution in [2.45, 2.75) is 0 Å². The van der Waals surface area contributed by atoms with Gasteiger partial charge in [0, 0.05) is 36.9 Å². The van der Waals surface area contributed by atoms with Gasteiger partial charge >= 0.3 is 0 Å². The van der Waals surface area contributed by atoms with E-state index in [1.807, 2.05) is 17.4 Å². The van der Waals surface area contributed by atoms with Gasteiger partial charge in [-0.15, -0.1) is 11.3 Å². The number of thiophene rings is 1. The zero-order valence-electron chi connectivity index (χ0n) is 26.5. The lowest BCUT2D eigenvalue weighted by molar-refractivity contribution is 1.19. The molecule has 0 unspecified atom stereocenters. The molecule has 10 rings (SSSR count). The third-order valence-corrected chi connectivity index (χ3v) is 10.8. The molecule has 0 saturated carbocycles. The van der Waals surface area contributed by atoms with E-state index in [2.05, 4.69) is 164 Å². The highest BCUT2D eigenvalue weighted by Gasteiger charge is 2.18. The molecule has 49 heavy (non-hydrogen) atoms. The number of benzene rings is 8. The average molecular weight is 641 g/mol. The van der Waals surface area contributed by atoms with Crippen LogP contribution in [-0.2, 0) is 0 Å². The number of nitrogens with zero attached hydrogens (tertiary/aromatic N) is 2. The van der Waals surface area contributed by atoms with E-state index in [4.69, 9.17) is 9.97 Å². The van der Waals surface area contributed by atoms with E-state index in [9.17, 15) is 0 Å². The number of fused-ring (bicyclic) bond motifs is 7. The molecule has 0 radical (unpaired) electrons. The van der Waals surface area contributed by atoms with Gasteiger partial charge < -0.3 is 0 Å². The molecule has 0 saturated heterocycles. The van der Waals surface area contributed by atoms with Crippen LogP contribution in [0.2, 0.25) is 0 Å². The van der Waals surface area contributed by atoms with Gasteiger partial charge in [0.05, 0.1) is 11.4 Å². The van der Waals surface area contributed by atoms with E-state index in [0.29, 0.717) is 5.82 Å². The lowest BCUT2D eigenvalue weighted by Crippen LogP contribution is -1.97. The van der Waals surface area contributed by atoms with Crippen molar-refractivity contribution in [3.8, 4) is 45.0 Å². The Kier molecular flexibility index (Phi) is 6.39. The van der Waals surface area contributed by atoms with Crippen molar-refractivity contribution in [3.63, 3.8) is 0 Å². The van der Waals surface area contributed by atoms with Crippen LogP contribution in [0.1, 0.15) is 0 Å². The Morgan fingerprint density at radius 1 is 0.367 bits per heavy atom. The maximum absolute atomic E-state index is 5.35. The molecule has 0 aliphatic carbocycles. The molecule has 0 N–H and O–H groups in total. The van der Waals surface area contributed by atoms with E-state index in [-0.39, 0.29) is 0 Å². The first-order valence-corrected chi connectivity index (χ1v) is 17.4. The van der Waals surface area contributed by atoms with Crippen LogP contribution in [0.15, 0.2) is 170 Å². The molecule has 10 aromatic rings. The molecule has 0 amide bonds. The number of hydrogen-bond acceptors (Lipinski definition) is 3. The highest BCUT2D eigenvalue weighted by Crippen LogP contribution is 2.43. The minimum atomic E-state index is 0.714. The monoisotopic (exact) mass is 640 g/mol. The SMILES string of the molecule is c1ccc(-c2nc(-c3cccc(-c4cccc5sc6ccccc6c45)c3)cc(-c3c4ccccc4cc4ccc5ccccc5c34)n2)cc1. The normalized spacial score (nSPS) is 11.7. The average Bonchev–Trinajstić information content (AvgIpc) is 3.56. The van der Waals surface area contributed by atoms with Crippen LogP contribution >= 0.6 is 11.3 Å². The molecular weight excluding hydrogens is 613 g/mol. The van der Waals surface area contributed by atoms with E-state index in [0.717, 1.165) is 28.1 Å². The minimum Gasteiger partial charge on any atom is -0.228 e. The summed E-state index contributed by atoms with van der Waals surface area (Å²) in [6, 6.07) is 60.8. The van der Waals surface area contributed by atoms with E-state index in [1.54, 1.807) is 0 Å². The van der Waals surface area contributed by atoms with Crippen LogP contribution in [0.3, 0.4) is 0 Å². The minimum absolute atomic E-state index is 0.714. The molecule has 228 valence electrons. The smallest absolute Gasteiger partial charge is 0.160 e. The second kappa shape index (κ2) is 11.2. The molecule has 2 aromatic heterocycles. The molecule has 2 nitrogen and oxygen atoms in total. The first kappa shape index (κ1) is 27.9. The van der Waals surface area contributed by atoms with Gasteiger partial charge in [-0.2, -0.15) is 0 Å². The van der Waals surface area contributed by atoms with Gasteiger partial charge in [0.15, 0.2) is 5.82 Å². The Morgan fingerprint density at radius 2 is 1.02 bits per heavy atom. The molecule has 0 aliphatic rings. The van der Waals surface area contributed by atoms with Crippen LogP contribution in [-0.4, -0.2) is 9.97 Å². The summed E-state index contributed by atoms with van der Waals surface area (Å²) < 4.78 is 2.61. The highest BCUT2D eigenvalue weighted by atomic mass is 32.1. The van der Waals surface area contributed by atoms with E-state index >= 15 is 0 Å². The van der Waals surface area contributed by atoms with Crippen molar-refractivity contribution in [2.24, 2.45) is 0 Å². The van der Waals surface area contributed by atoms with Crippen molar-refractivity contribution in [3.05, 3.63) is 170 Å². The summed E-state index contributed by atoms with van der Waals surface area (Å²) in [5.74, 6) is 0.714. The van der Waals surface area contributed by atoms with Gasteiger partial charge in [0.2, 0.25) is 0 Å². The molecule has 2 heterocycles. The number of hydrogen-bond donors (Lipinski definition) is 0. The zero-order chi connectivity index (χ0) is 32.3. The number of rotatable bonds is 4. The van der Waals surface area contributed by atoms with Crippen molar-refractivity contribution < 1.29 is 0 Å². The van der Waals surface area contributed by atoms with Crippen LogP contribution in [0.5, 0.6) is 0 Å². The molecule has 8 aromatic carbocycles. The molecule has 3 heteroatoms. The van der Waals surface area contributed by atoms with Crippen LogP contribution < -0.4 is 0 Å². The summed E-state index contributed by atoms with van der Waals surface area (Å²) in [5, 5.41) is 9.83. The van der Waals surface area contributed by atoms with E-state index < -0.39 is 0 Å². The second-order valence-corrected chi connectivity index (χ2v) is 13.6. The summed E-state index contributed by atoms with van der Waals surface area (Å²) in [6.45, 7) is 0. The first-order chi connectivity index (χ1) is 24.3. The molecule has 0 bridgehead atoms. The molecule has 0 spiro atoms. The van der Waals surface area contributed by atoms with Crippen LogP contribution in [0.25, 0.3) is 97.5 Å². The predicted octanol–water partition coefficient (Wildman–Crippen LogP) is 13.0. The van der Waals surface area contributed by atoms with Crippen LogP contribution in [0.4, 0.5) is 0 Å². The Morgan fingerprint density at radius 3 is 1.92 bits per heavy atom. The maximum atomic E-state index is 5.35. The fourth-order valence-corrected chi connectivity index (χ4v) is 8.54. The molecule has 0 fully saturated rings. The molecule has 0 aliphatic heterocycles. The Balaban J connectivity index is 1.25. The van der Waals surface area contributed by atoms with Gasteiger partial charge in [-0.1, -0.05) is 140 Å². The summed E-state index contributed by atoms with van der Waals surface area (Å²) in [4.78, 5) is 10.6.